The van der Waals surface area contributed by atoms with E-state index in [1.165, 1.54) is 12.0 Å². The number of anilines is 1. The topological polar surface area (TPSA) is 69.4 Å². The molecule has 0 radical (unpaired) electrons. The van der Waals surface area contributed by atoms with Crippen LogP contribution in [0.2, 0.25) is 0 Å². The molecule has 0 unspecified atom stereocenters. The summed E-state index contributed by atoms with van der Waals surface area (Å²) in [5, 5.41) is 10.9. The van der Waals surface area contributed by atoms with Crippen molar-refractivity contribution in [1.82, 2.24) is 9.80 Å². The number of hydrogen-bond acceptors (Lipinski definition) is 7. The van der Waals surface area contributed by atoms with Gasteiger partial charge in [-0.25, -0.2) is 4.79 Å². The van der Waals surface area contributed by atoms with Gasteiger partial charge >= 0.3 is 5.63 Å². The third-order valence-electron chi connectivity index (χ3n) is 6.07. The number of methoxy groups -OCH3 is 1. The van der Waals surface area contributed by atoms with E-state index in [0.717, 1.165) is 37.5 Å². The van der Waals surface area contributed by atoms with Crippen molar-refractivity contribution in [3.8, 4) is 11.5 Å². The SMILES string of the molecule is COc1ccc(N2CCN(Cc3coc(=O)c(CN(C)Cc4ccccc4)c3O)CC2)cc1. The van der Waals surface area contributed by atoms with Crippen LogP contribution in [0.4, 0.5) is 5.69 Å². The maximum absolute atomic E-state index is 12.3. The minimum atomic E-state index is -0.486. The Labute approximate surface area is 194 Å². The third kappa shape index (κ3) is 5.74. The number of nitrogens with zero attached hydrogens (tertiary/aromatic N) is 3. The average Bonchev–Trinajstić information content (AvgIpc) is 2.85. The van der Waals surface area contributed by atoms with Crippen molar-refractivity contribution >= 4 is 5.69 Å². The van der Waals surface area contributed by atoms with E-state index < -0.39 is 5.63 Å². The van der Waals surface area contributed by atoms with Crippen LogP contribution in [0.25, 0.3) is 0 Å². The van der Waals surface area contributed by atoms with Gasteiger partial charge in [0.1, 0.15) is 17.8 Å². The molecule has 1 saturated heterocycles. The fourth-order valence-electron chi connectivity index (χ4n) is 4.21. The van der Waals surface area contributed by atoms with Gasteiger partial charge in [0.15, 0.2) is 0 Å². The molecule has 7 nitrogen and oxygen atoms in total. The molecule has 1 N–H and O–H groups in total. The average molecular weight is 450 g/mol. The van der Waals surface area contributed by atoms with E-state index >= 15 is 0 Å². The van der Waals surface area contributed by atoms with Crippen LogP contribution in [-0.4, -0.2) is 55.2 Å². The van der Waals surface area contributed by atoms with Crippen molar-refractivity contribution in [3.63, 3.8) is 0 Å². The van der Waals surface area contributed by atoms with Crippen LogP contribution in [0.3, 0.4) is 0 Å². The van der Waals surface area contributed by atoms with Crippen molar-refractivity contribution in [2.75, 3.05) is 45.2 Å². The Hall–Kier alpha value is -3.29. The minimum Gasteiger partial charge on any atom is -0.507 e. The van der Waals surface area contributed by atoms with E-state index in [0.29, 0.717) is 30.8 Å². The maximum Gasteiger partial charge on any atom is 0.343 e. The van der Waals surface area contributed by atoms with E-state index in [-0.39, 0.29) is 5.75 Å². The molecular weight excluding hydrogens is 418 g/mol. The number of aromatic hydroxyl groups is 1. The molecule has 0 saturated carbocycles. The second-order valence-corrected chi connectivity index (χ2v) is 8.49. The van der Waals surface area contributed by atoms with Gasteiger partial charge < -0.3 is 19.2 Å². The maximum atomic E-state index is 12.3. The predicted octanol–water partition coefficient (Wildman–Crippen LogP) is 3.31. The van der Waals surface area contributed by atoms with E-state index in [4.69, 9.17) is 9.15 Å². The lowest BCUT2D eigenvalue weighted by Gasteiger charge is -2.36. The van der Waals surface area contributed by atoms with Gasteiger partial charge in [-0.1, -0.05) is 30.3 Å². The Morgan fingerprint density at radius 3 is 2.36 bits per heavy atom. The fraction of sp³-hybridized carbons (Fsp3) is 0.346. The number of benzene rings is 2. The summed E-state index contributed by atoms with van der Waals surface area (Å²) in [4.78, 5) is 18.9. The van der Waals surface area contributed by atoms with Crippen molar-refractivity contribution in [3.05, 3.63) is 88.0 Å². The summed E-state index contributed by atoms with van der Waals surface area (Å²) in [6, 6.07) is 18.1. The van der Waals surface area contributed by atoms with Crippen LogP contribution < -0.4 is 15.3 Å². The molecule has 174 valence electrons. The van der Waals surface area contributed by atoms with Crippen molar-refractivity contribution in [2.45, 2.75) is 19.6 Å². The standard InChI is InChI=1S/C26H31N3O4/c1-27(16-20-6-4-3-5-7-20)18-24-25(30)21(19-33-26(24)31)17-28-12-14-29(15-13-28)22-8-10-23(32-2)11-9-22/h3-11,19,30H,12-18H2,1-2H3. The lowest BCUT2D eigenvalue weighted by molar-refractivity contribution is 0.241. The van der Waals surface area contributed by atoms with Crippen LogP contribution in [0.1, 0.15) is 16.7 Å². The molecule has 3 aromatic rings. The molecular formula is C26H31N3O4. The summed E-state index contributed by atoms with van der Waals surface area (Å²) in [6.45, 7) is 5.02. The zero-order chi connectivity index (χ0) is 23.2. The van der Waals surface area contributed by atoms with Crippen molar-refractivity contribution in [1.29, 1.82) is 0 Å². The van der Waals surface area contributed by atoms with Crippen molar-refractivity contribution in [2.24, 2.45) is 0 Å². The Morgan fingerprint density at radius 2 is 1.70 bits per heavy atom. The zero-order valence-electron chi connectivity index (χ0n) is 19.2. The molecule has 1 fully saturated rings. The molecule has 0 bridgehead atoms. The van der Waals surface area contributed by atoms with Gasteiger partial charge in [-0.05, 0) is 36.9 Å². The van der Waals surface area contributed by atoms with Crippen LogP contribution in [-0.2, 0) is 19.6 Å². The molecule has 33 heavy (non-hydrogen) atoms. The monoisotopic (exact) mass is 449 g/mol. The highest BCUT2D eigenvalue weighted by Gasteiger charge is 2.21. The first kappa shape index (κ1) is 22.9. The summed E-state index contributed by atoms with van der Waals surface area (Å²) >= 11 is 0. The molecule has 7 heteroatoms. The smallest absolute Gasteiger partial charge is 0.343 e. The van der Waals surface area contributed by atoms with Gasteiger partial charge in [-0.2, -0.15) is 0 Å². The summed E-state index contributed by atoms with van der Waals surface area (Å²) < 4.78 is 10.5. The van der Waals surface area contributed by atoms with Crippen LogP contribution >= 0.6 is 0 Å². The van der Waals surface area contributed by atoms with Gasteiger partial charge in [0.05, 0.1) is 12.7 Å². The molecule has 0 atom stereocenters. The van der Waals surface area contributed by atoms with Crippen molar-refractivity contribution < 1.29 is 14.3 Å². The quantitative estimate of drug-likeness (QED) is 0.566. The molecule has 0 amide bonds. The van der Waals surface area contributed by atoms with Crippen LogP contribution in [0.5, 0.6) is 11.5 Å². The minimum absolute atomic E-state index is 0.0451. The van der Waals surface area contributed by atoms with Gasteiger partial charge in [0, 0.05) is 57.1 Å². The first-order chi connectivity index (χ1) is 16.0. The predicted molar refractivity (Wildman–Crippen MR) is 129 cm³/mol. The first-order valence-corrected chi connectivity index (χ1v) is 11.2. The van der Waals surface area contributed by atoms with Gasteiger partial charge in [-0.3, -0.25) is 9.80 Å². The zero-order valence-corrected chi connectivity index (χ0v) is 19.2. The second kappa shape index (κ2) is 10.6. The summed E-state index contributed by atoms with van der Waals surface area (Å²) in [5.41, 5.74) is 2.79. The largest absolute Gasteiger partial charge is 0.507 e. The van der Waals surface area contributed by atoms with Gasteiger partial charge in [0.2, 0.25) is 0 Å². The Bertz CT molecular complexity index is 1090. The van der Waals surface area contributed by atoms with E-state index in [2.05, 4.69) is 21.9 Å². The number of rotatable bonds is 8. The molecule has 1 aliphatic heterocycles. The number of ether oxygens (including phenoxy) is 1. The highest BCUT2D eigenvalue weighted by molar-refractivity contribution is 5.49. The van der Waals surface area contributed by atoms with Crippen LogP contribution in [0.15, 0.2) is 70.1 Å². The molecule has 1 aromatic heterocycles. The third-order valence-corrected chi connectivity index (χ3v) is 6.07. The summed E-state index contributed by atoms with van der Waals surface area (Å²) in [6.07, 6.45) is 1.40. The van der Waals surface area contributed by atoms with E-state index in [1.54, 1.807) is 7.11 Å². The fourth-order valence-corrected chi connectivity index (χ4v) is 4.21. The normalized spacial score (nSPS) is 14.6. The number of hydrogen-bond donors (Lipinski definition) is 1. The van der Waals surface area contributed by atoms with Gasteiger partial charge in [0.25, 0.3) is 0 Å². The molecule has 2 aromatic carbocycles. The van der Waals surface area contributed by atoms with Crippen LogP contribution in [0, 0.1) is 0 Å². The molecule has 1 aliphatic rings. The summed E-state index contributed by atoms with van der Waals surface area (Å²) in [5.74, 6) is 0.896. The van der Waals surface area contributed by atoms with E-state index in [9.17, 15) is 9.90 Å². The highest BCUT2D eigenvalue weighted by Crippen LogP contribution is 2.25. The Morgan fingerprint density at radius 1 is 1.00 bits per heavy atom. The molecule has 4 rings (SSSR count). The molecule has 0 spiro atoms. The Balaban J connectivity index is 1.37. The van der Waals surface area contributed by atoms with E-state index in [1.807, 2.05) is 54.4 Å². The molecule has 2 heterocycles. The first-order valence-electron chi connectivity index (χ1n) is 11.2. The second-order valence-electron chi connectivity index (χ2n) is 8.49. The lowest BCUT2D eigenvalue weighted by atomic mass is 10.1. The number of piperazine rings is 1. The highest BCUT2D eigenvalue weighted by atomic mass is 16.5. The Kier molecular flexibility index (Phi) is 7.32. The molecule has 0 aliphatic carbocycles. The lowest BCUT2D eigenvalue weighted by Crippen LogP contribution is -2.46. The van der Waals surface area contributed by atoms with Gasteiger partial charge in [-0.15, -0.1) is 0 Å². The summed E-state index contributed by atoms with van der Waals surface area (Å²) in [7, 11) is 3.60.